The molecular weight excluding hydrogens is 351 g/mol. The largest absolute Gasteiger partial charge is 0.325 e. The molecule has 1 heterocycles. The summed E-state index contributed by atoms with van der Waals surface area (Å²) in [4.78, 5) is 16.2. The Labute approximate surface area is 146 Å². The number of aromatic nitrogens is 3. The van der Waals surface area contributed by atoms with E-state index in [0.29, 0.717) is 21.7 Å². The molecule has 5 nitrogen and oxygen atoms in total. The lowest BCUT2D eigenvalue weighted by Crippen LogP contribution is -2.14. The molecule has 0 radical (unpaired) electrons. The minimum Gasteiger partial charge on any atom is -0.325 e. The van der Waals surface area contributed by atoms with Crippen LogP contribution in [0.15, 0.2) is 53.7 Å². The van der Waals surface area contributed by atoms with Crippen molar-refractivity contribution in [1.29, 1.82) is 0 Å². The van der Waals surface area contributed by atoms with Crippen molar-refractivity contribution < 1.29 is 9.18 Å². The summed E-state index contributed by atoms with van der Waals surface area (Å²) in [6, 6.07) is 12.8. The van der Waals surface area contributed by atoms with Gasteiger partial charge in [0.05, 0.1) is 5.75 Å². The predicted octanol–water partition coefficient (Wildman–Crippen LogP) is 4.00. The molecule has 0 saturated carbocycles. The molecule has 0 bridgehead atoms. The first-order valence-electron chi connectivity index (χ1n) is 6.97. The van der Waals surface area contributed by atoms with Crippen LogP contribution in [0.3, 0.4) is 0 Å². The summed E-state index contributed by atoms with van der Waals surface area (Å²) < 4.78 is 12.8. The molecule has 0 spiro atoms. The van der Waals surface area contributed by atoms with Crippen LogP contribution in [0.5, 0.6) is 0 Å². The molecule has 122 valence electrons. The first-order valence-corrected chi connectivity index (χ1v) is 8.33. The monoisotopic (exact) mass is 362 g/mol. The lowest BCUT2D eigenvalue weighted by molar-refractivity contribution is -0.113. The van der Waals surface area contributed by atoms with Gasteiger partial charge in [-0.3, -0.25) is 9.89 Å². The Morgan fingerprint density at radius 2 is 1.88 bits per heavy atom. The zero-order chi connectivity index (χ0) is 16.9. The number of hydrogen-bond donors (Lipinski definition) is 2. The first kappa shape index (κ1) is 16.5. The number of benzene rings is 2. The fourth-order valence-electron chi connectivity index (χ4n) is 1.91. The van der Waals surface area contributed by atoms with Crippen molar-refractivity contribution in [3.05, 3.63) is 59.4 Å². The van der Waals surface area contributed by atoms with Gasteiger partial charge < -0.3 is 5.32 Å². The highest BCUT2D eigenvalue weighted by Crippen LogP contribution is 2.21. The summed E-state index contributed by atoms with van der Waals surface area (Å²) >= 11 is 7.05. The zero-order valence-corrected chi connectivity index (χ0v) is 13.9. The number of thioether (sulfide) groups is 1. The molecule has 1 aromatic heterocycles. The van der Waals surface area contributed by atoms with Crippen molar-refractivity contribution in [2.24, 2.45) is 0 Å². The normalized spacial score (nSPS) is 10.6. The van der Waals surface area contributed by atoms with Gasteiger partial charge in [0.2, 0.25) is 11.1 Å². The zero-order valence-electron chi connectivity index (χ0n) is 12.3. The Morgan fingerprint density at radius 3 is 2.58 bits per heavy atom. The number of carbonyl (C=O) groups excluding carboxylic acids is 1. The second kappa shape index (κ2) is 7.46. The van der Waals surface area contributed by atoms with E-state index in [1.54, 1.807) is 12.1 Å². The van der Waals surface area contributed by atoms with E-state index in [2.05, 4.69) is 20.5 Å². The maximum Gasteiger partial charge on any atom is 0.234 e. The second-order valence-corrected chi connectivity index (χ2v) is 6.20. The Bertz CT molecular complexity index is 836. The van der Waals surface area contributed by atoms with E-state index in [9.17, 15) is 9.18 Å². The maximum absolute atomic E-state index is 12.8. The number of H-pyrrole nitrogens is 1. The number of aromatic amines is 1. The second-order valence-electron chi connectivity index (χ2n) is 4.82. The van der Waals surface area contributed by atoms with Gasteiger partial charge in [-0.25, -0.2) is 9.37 Å². The molecule has 0 atom stereocenters. The Morgan fingerprint density at radius 1 is 1.17 bits per heavy atom. The van der Waals surface area contributed by atoms with Crippen molar-refractivity contribution in [2.75, 3.05) is 11.1 Å². The number of nitrogens with zero attached hydrogens (tertiary/aromatic N) is 2. The lowest BCUT2D eigenvalue weighted by Gasteiger charge is -2.03. The van der Waals surface area contributed by atoms with Crippen molar-refractivity contribution >= 4 is 35.0 Å². The maximum atomic E-state index is 12.8. The van der Waals surface area contributed by atoms with Crippen LogP contribution in [0, 0.1) is 5.82 Å². The SMILES string of the molecule is O=C(CSc1n[nH]c(-c2ccc(Cl)cc2)n1)Nc1ccc(F)cc1. The third-order valence-electron chi connectivity index (χ3n) is 3.04. The molecule has 3 aromatic rings. The molecule has 3 rings (SSSR count). The number of carbonyl (C=O) groups is 1. The van der Waals surface area contributed by atoms with Crippen LogP contribution in [0.2, 0.25) is 5.02 Å². The van der Waals surface area contributed by atoms with Crippen LogP contribution in [-0.2, 0) is 4.79 Å². The van der Waals surface area contributed by atoms with Gasteiger partial charge in [0.1, 0.15) is 5.82 Å². The van der Waals surface area contributed by atoms with E-state index in [-0.39, 0.29) is 17.5 Å². The number of amides is 1. The summed E-state index contributed by atoms with van der Waals surface area (Å²) in [6.45, 7) is 0. The molecule has 24 heavy (non-hydrogen) atoms. The van der Waals surface area contributed by atoms with E-state index in [1.165, 1.54) is 36.0 Å². The number of rotatable bonds is 5. The summed E-state index contributed by atoms with van der Waals surface area (Å²) in [7, 11) is 0. The molecule has 0 aliphatic heterocycles. The fourth-order valence-corrected chi connectivity index (χ4v) is 2.63. The summed E-state index contributed by atoms with van der Waals surface area (Å²) in [5.41, 5.74) is 1.40. The smallest absolute Gasteiger partial charge is 0.234 e. The van der Waals surface area contributed by atoms with Crippen LogP contribution in [0.25, 0.3) is 11.4 Å². The quantitative estimate of drug-likeness (QED) is 0.673. The third kappa shape index (κ3) is 4.33. The van der Waals surface area contributed by atoms with E-state index >= 15 is 0 Å². The first-order chi connectivity index (χ1) is 11.6. The van der Waals surface area contributed by atoms with E-state index in [1.807, 2.05) is 12.1 Å². The van der Waals surface area contributed by atoms with Crippen molar-refractivity contribution in [2.45, 2.75) is 5.16 Å². The van der Waals surface area contributed by atoms with Crippen molar-refractivity contribution in [3.63, 3.8) is 0 Å². The van der Waals surface area contributed by atoms with Gasteiger partial charge in [-0.2, -0.15) is 0 Å². The standard InChI is InChI=1S/C16H12ClFN4OS/c17-11-3-1-10(2-4-11)15-20-16(22-21-15)24-9-14(23)19-13-7-5-12(18)6-8-13/h1-8H,9H2,(H,19,23)(H,20,21,22). The van der Waals surface area contributed by atoms with Crippen LogP contribution in [0.4, 0.5) is 10.1 Å². The van der Waals surface area contributed by atoms with E-state index < -0.39 is 0 Å². The van der Waals surface area contributed by atoms with Gasteiger partial charge in [-0.05, 0) is 48.5 Å². The molecule has 0 aliphatic rings. The lowest BCUT2D eigenvalue weighted by atomic mass is 10.2. The van der Waals surface area contributed by atoms with E-state index in [4.69, 9.17) is 11.6 Å². The molecule has 0 unspecified atom stereocenters. The van der Waals surface area contributed by atoms with Gasteiger partial charge >= 0.3 is 0 Å². The predicted molar refractivity (Wildman–Crippen MR) is 92.6 cm³/mol. The van der Waals surface area contributed by atoms with Crippen LogP contribution < -0.4 is 5.32 Å². The average molecular weight is 363 g/mol. The summed E-state index contributed by atoms with van der Waals surface area (Å²) in [5, 5.41) is 10.7. The van der Waals surface area contributed by atoms with Crippen LogP contribution in [-0.4, -0.2) is 26.8 Å². The molecular formula is C16H12ClFN4OS. The molecule has 1 amide bonds. The van der Waals surface area contributed by atoms with Gasteiger partial charge in [0.25, 0.3) is 0 Å². The molecule has 0 aliphatic carbocycles. The van der Waals surface area contributed by atoms with Crippen molar-refractivity contribution in [3.8, 4) is 11.4 Å². The van der Waals surface area contributed by atoms with Crippen LogP contribution in [0.1, 0.15) is 0 Å². The van der Waals surface area contributed by atoms with Gasteiger partial charge in [0, 0.05) is 16.3 Å². The van der Waals surface area contributed by atoms with E-state index in [0.717, 1.165) is 5.56 Å². The minimum absolute atomic E-state index is 0.148. The molecule has 0 saturated heterocycles. The molecule has 0 fully saturated rings. The molecule has 2 N–H and O–H groups in total. The highest BCUT2D eigenvalue weighted by Gasteiger charge is 2.09. The Hall–Kier alpha value is -2.38. The molecule has 8 heteroatoms. The van der Waals surface area contributed by atoms with Gasteiger partial charge in [0.15, 0.2) is 5.82 Å². The highest BCUT2D eigenvalue weighted by atomic mass is 35.5. The molecule has 2 aromatic carbocycles. The average Bonchev–Trinajstić information content (AvgIpc) is 3.05. The van der Waals surface area contributed by atoms with Gasteiger partial charge in [-0.15, -0.1) is 5.10 Å². The highest BCUT2D eigenvalue weighted by molar-refractivity contribution is 7.99. The van der Waals surface area contributed by atoms with Gasteiger partial charge in [-0.1, -0.05) is 23.4 Å². The Balaban J connectivity index is 1.56. The number of hydrogen-bond acceptors (Lipinski definition) is 4. The number of halogens is 2. The number of anilines is 1. The topological polar surface area (TPSA) is 70.7 Å². The third-order valence-corrected chi connectivity index (χ3v) is 4.14. The van der Waals surface area contributed by atoms with Crippen LogP contribution >= 0.6 is 23.4 Å². The minimum atomic E-state index is -0.349. The summed E-state index contributed by atoms with van der Waals surface area (Å²) in [6.07, 6.45) is 0. The van der Waals surface area contributed by atoms with Crippen molar-refractivity contribution in [1.82, 2.24) is 15.2 Å². The fraction of sp³-hybridized carbons (Fsp3) is 0.0625. The Kier molecular flexibility index (Phi) is 5.12. The summed E-state index contributed by atoms with van der Waals surface area (Å²) in [5.74, 6) is 0.185. The number of nitrogens with one attached hydrogen (secondary N) is 2.